The quantitative estimate of drug-likeness (QED) is 0.899. The normalized spacial score (nSPS) is 24.3. The monoisotopic (exact) mass is 281 g/mol. The maximum absolute atomic E-state index is 9.11. The second-order valence-electron chi connectivity index (χ2n) is 5.44. The van der Waals surface area contributed by atoms with Gasteiger partial charge < -0.3 is 10.0 Å². The largest absolute Gasteiger partial charge is 0.392 e. The zero-order valence-electron chi connectivity index (χ0n) is 11.1. The molecule has 0 amide bonds. The number of aliphatic hydroxyl groups is 1. The Morgan fingerprint density at radius 3 is 2.95 bits per heavy atom. The molecule has 0 aliphatic carbocycles. The van der Waals surface area contributed by atoms with E-state index in [2.05, 4.69) is 14.8 Å². The number of hydrogen-bond acceptors (Lipinski definition) is 4. The van der Waals surface area contributed by atoms with Crippen LogP contribution in [0.2, 0.25) is 5.02 Å². The highest BCUT2D eigenvalue weighted by atomic mass is 35.5. The maximum atomic E-state index is 9.11. The number of anilines is 1. The van der Waals surface area contributed by atoms with Gasteiger partial charge in [0.15, 0.2) is 0 Å². The molecular formula is C14H20ClN3O. The van der Waals surface area contributed by atoms with Crippen LogP contribution in [-0.4, -0.2) is 47.2 Å². The Bertz CT molecular complexity index is 454. The Balaban J connectivity index is 1.80. The van der Waals surface area contributed by atoms with Gasteiger partial charge in [-0.1, -0.05) is 11.6 Å². The number of fused-ring (bicyclic) bond motifs is 1. The molecule has 0 bridgehead atoms. The first-order chi connectivity index (χ1) is 9.28. The molecule has 2 aliphatic rings. The van der Waals surface area contributed by atoms with Crippen molar-refractivity contribution in [1.29, 1.82) is 0 Å². The van der Waals surface area contributed by atoms with Gasteiger partial charge in [0.2, 0.25) is 0 Å². The SMILES string of the molecule is OCc1cnc(N2CCCN3CCCC3C2)c(Cl)c1. The first kappa shape index (κ1) is 13.2. The minimum atomic E-state index is -0.0105. The molecular weight excluding hydrogens is 262 g/mol. The van der Waals surface area contributed by atoms with Gasteiger partial charge in [0.1, 0.15) is 5.82 Å². The molecule has 1 unspecified atom stereocenters. The van der Waals surface area contributed by atoms with Crippen LogP contribution in [0.5, 0.6) is 0 Å². The summed E-state index contributed by atoms with van der Waals surface area (Å²) in [6.07, 6.45) is 5.47. The van der Waals surface area contributed by atoms with Crippen molar-refractivity contribution >= 4 is 17.4 Å². The molecule has 1 atom stereocenters. The van der Waals surface area contributed by atoms with Crippen LogP contribution >= 0.6 is 11.6 Å². The van der Waals surface area contributed by atoms with E-state index in [1.165, 1.54) is 25.9 Å². The summed E-state index contributed by atoms with van der Waals surface area (Å²) >= 11 is 6.31. The molecule has 0 saturated carbocycles. The predicted molar refractivity (Wildman–Crippen MR) is 76.6 cm³/mol. The van der Waals surface area contributed by atoms with Crippen LogP contribution < -0.4 is 4.90 Å². The van der Waals surface area contributed by atoms with E-state index < -0.39 is 0 Å². The topological polar surface area (TPSA) is 39.6 Å². The standard InChI is InChI=1S/C14H20ClN3O/c15-13-7-11(10-19)8-16-14(13)18-6-2-5-17-4-1-3-12(17)9-18/h7-8,12,19H,1-6,9-10H2. The van der Waals surface area contributed by atoms with Gasteiger partial charge in [-0.3, -0.25) is 4.90 Å². The third-order valence-corrected chi connectivity index (χ3v) is 4.44. The van der Waals surface area contributed by atoms with E-state index in [9.17, 15) is 0 Å². The highest BCUT2D eigenvalue weighted by Gasteiger charge is 2.29. The Hall–Kier alpha value is -0.840. The summed E-state index contributed by atoms with van der Waals surface area (Å²) in [5.74, 6) is 0.868. The molecule has 5 heteroatoms. The van der Waals surface area contributed by atoms with Crippen LogP contribution in [-0.2, 0) is 6.61 Å². The van der Waals surface area contributed by atoms with Gasteiger partial charge in [0.25, 0.3) is 0 Å². The lowest BCUT2D eigenvalue weighted by molar-refractivity contribution is 0.273. The zero-order valence-corrected chi connectivity index (χ0v) is 11.8. The number of rotatable bonds is 2. The van der Waals surface area contributed by atoms with Gasteiger partial charge in [-0.25, -0.2) is 4.98 Å². The van der Waals surface area contributed by atoms with Gasteiger partial charge in [-0.15, -0.1) is 0 Å². The number of halogens is 1. The molecule has 1 aromatic rings. The van der Waals surface area contributed by atoms with Gasteiger partial charge in [0.05, 0.1) is 11.6 Å². The lowest BCUT2D eigenvalue weighted by atomic mass is 10.2. The molecule has 0 spiro atoms. The van der Waals surface area contributed by atoms with E-state index in [1.807, 2.05) is 6.07 Å². The van der Waals surface area contributed by atoms with Crippen LogP contribution in [0, 0.1) is 0 Å². The van der Waals surface area contributed by atoms with Crippen LogP contribution in [0.3, 0.4) is 0 Å². The third kappa shape index (κ3) is 2.71. The van der Waals surface area contributed by atoms with Crippen molar-refractivity contribution in [2.45, 2.75) is 31.9 Å². The fourth-order valence-electron chi connectivity index (χ4n) is 3.19. The number of aliphatic hydroxyl groups excluding tert-OH is 1. The summed E-state index contributed by atoms with van der Waals surface area (Å²) in [6, 6.07) is 2.47. The van der Waals surface area contributed by atoms with Crippen LogP contribution in [0.15, 0.2) is 12.3 Å². The summed E-state index contributed by atoms with van der Waals surface area (Å²) in [5, 5.41) is 9.76. The molecule has 104 valence electrons. The van der Waals surface area contributed by atoms with Crippen molar-refractivity contribution in [3.63, 3.8) is 0 Å². The lowest BCUT2D eigenvalue weighted by Crippen LogP contribution is -2.37. The van der Waals surface area contributed by atoms with Crippen molar-refractivity contribution < 1.29 is 5.11 Å². The van der Waals surface area contributed by atoms with E-state index >= 15 is 0 Å². The third-order valence-electron chi connectivity index (χ3n) is 4.16. The number of aromatic nitrogens is 1. The lowest BCUT2D eigenvalue weighted by Gasteiger charge is -2.27. The van der Waals surface area contributed by atoms with Gasteiger partial charge in [-0.05, 0) is 37.4 Å². The van der Waals surface area contributed by atoms with Crippen LogP contribution in [0.25, 0.3) is 0 Å². The Morgan fingerprint density at radius 1 is 1.32 bits per heavy atom. The van der Waals surface area contributed by atoms with Crippen LogP contribution in [0.4, 0.5) is 5.82 Å². The molecule has 0 radical (unpaired) electrons. The summed E-state index contributed by atoms with van der Waals surface area (Å²) in [6.45, 7) is 4.45. The number of nitrogens with zero attached hydrogens (tertiary/aromatic N) is 3. The second-order valence-corrected chi connectivity index (χ2v) is 5.85. The Morgan fingerprint density at radius 2 is 2.16 bits per heavy atom. The van der Waals surface area contributed by atoms with E-state index in [-0.39, 0.29) is 6.61 Å². The van der Waals surface area contributed by atoms with E-state index in [0.29, 0.717) is 11.1 Å². The molecule has 2 fully saturated rings. The summed E-state index contributed by atoms with van der Waals surface area (Å²) in [7, 11) is 0. The zero-order chi connectivity index (χ0) is 13.2. The van der Waals surface area contributed by atoms with E-state index in [0.717, 1.165) is 30.9 Å². The second kappa shape index (κ2) is 5.65. The molecule has 2 saturated heterocycles. The number of hydrogen-bond donors (Lipinski definition) is 1. The average molecular weight is 282 g/mol. The fraction of sp³-hybridized carbons (Fsp3) is 0.643. The Kier molecular flexibility index (Phi) is 3.91. The smallest absolute Gasteiger partial charge is 0.147 e. The minimum Gasteiger partial charge on any atom is -0.392 e. The molecule has 1 N–H and O–H groups in total. The predicted octanol–water partition coefficient (Wildman–Crippen LogP) is 1.90. The molecule has 4 nitrogen and oxygen atoms in total. The van der Waals surface area contributed by atoms with Gasteiger partial charge >= 0.3 is 0 Å². The molecule has 3 rings (SSSR count). The van der Waals surface area contributed by atoms with Crippen molar-refractivity contribution in [2.24, 2.45) is 0 Å². The van der Waals surface area contributed by atoms with E-state index in [1.54, 1.807) is 6.20 Å². The van der Waals surface area contributed by atoms with E-state index in [4.69, 9.17) is 16.7 Å². The van der Waals surface area contributed by atoms with Gasteiger partial charge in [0, 0.05) is 31.9 Å². The first-order valence-corrected chi connectivity index (χ1v) is 7.40. The summed E-state index contributed by atoms with van der Waals surface area (Å²) in [5.41, 5.74) is 0.770. The highest BCUT2D eigenvalue weighted by molar-refractivity contribution is 6.33. The molecule has 2 aliphatic heterocycles. The average Bonchev–Trinajstić information content (AvgIpc) is 2.76. The first-order valence-electron chi connectivity index (χ1n) is 7.02. The number of pyridine rings is 1. The molecule has 0 aromatic carbocycles. The molecule has 19 heavy (non-hydrogen) atoms. The fourth-order valence-corrected chi connectivity index (χ4v) is 3.50. The maximum Gasteiger partial charge on any atom is 0.147 e. The van der Waals surface area contributed by atoms with Crippen molar-refractivity contribution in [3.8, 4) is 0 Å². The van der Waals surface area contributed by atoms with Crippen molar-refractivity contribution in [1.82, 2.24) is 9.88 Å². The van der Waals surface area contributed by atoms with Gasteiger partial charge in [-0.2, -0.15) is 0 Å². The highest BCUT2D eigenvalue weighted by Crippen LogP contribution is 2.28. The van der Waals surface area contributed by atoms with Crippen molar-refractivity contribution in [2.75, 3.05) is 31.1 Å². The summed E-state index contributed by atoms with van der Waals surface area (Å²) < 4.78 is 0. The molecule has 3 heterocycles. The Labute approximate surface area is 119 Å². The molecule has 1 aromatic heterocycles. The van der Waals surface area contributed by atoms with Crippen molar-refractivity contribution in [3.05, 3.63) is 22.8 Å². The van der Waals surface area contributed by atoms with Crippen LogP contribution in [0.1, 0.15) is 24.8 Å². The summed E-state index contributed by atoms with van der Waals surface area (Å²) in [4.78, 5) is 9.34. The minimum absolute atomic E-state index is 0.0105.